The van der Waals surface area contributed by atoms with Crippen LogP contribution in [-0.4, -0.2) is 55.4 Å². The average Bonchev–Trinajstić information content (AvgIpc) is 1.38. The van der Waals surface area contributed by atoms with Crippen LogP contribution >= 0.6 is 0 Å². The van der Waals surface area contributed by atoms with Gasteiger partial charge in [0.15, 0.2) is 0 Å². The van der Waals surface area contributed by atoms with Gasteiger partial charge in [0.25, 0.3) is 0 Å². The molecule has 0 fully saturated rings. The molecular formula is C88H62O10. The van der Waals surface area contributed by atoms with Crippen LogP contribution in [0.15, 0.2) is 204 Å². The molecule has 10 heteroatoms. The number of rotatable bonds is 21. The van der Waals surface area contributed by atoms with Crippen molar-refractivity contribution in [2.45, 2.75) is 105 Å². The molecule has 11 aliphatic carbocycles. The molecule has 10 aromatic rings. The molecule has 0 unspecified atom stereocenters. The molecule has 5 N–H and O–H groups in total. The average molecular weight is 1280 g/mol. The monoisotopic (exact) mass is 1280 g/mol. The van der Waals surface area contributed by atoms with Crippen molar-refractivity contribution in [2.24, 2.45) is 11.3 Å². The Balaban J connectivity index is 1.05. The second kappa shape index (κ2) is 18.2. The van der Waals surface area contributed by atoms with Gasteiger partial charge in [-0.25, -0.2) is 0 Å². The summed E-state index contributed by atoms with van der Waals surface area (Å²) in [5.74, 6) is -4.51. The Bertz CT molecular complexity index is 5320. The summed E-state index contributed by atoms with van der Waals surface area (Å²) in [5, 5.41) is 50.9. The zero-order valence-corrected chi connectivity index (χ0v) is 53.7. The Morgan fingerprint density at radius 1 is 0.265 bits per heavy atom. The Hall–Kier alpha value is -11.0. The molecule has 0 radical (unpaired) electrons. The van der Waals surface area contributed by atoms with E-state index in [1.165, 1.54) is 111 Å². The third kappa shape index (κ3) is 5.79. The number of aryl methyl sites for hydroxylation is 5. The van der Waals surface area contributed by atoms with Crippen molar-refractivity contribution < 1.29 is 49.5 Å². The van der Waals surface area contributed by atoms with Crippen LogP contribution in [-0.2, 0) is 83.2 Å². The lowest BCUT2D eigenvalue weighted by Gasteiger charge is -2.68. The molecule has 98 heavy (non-hydrogen) atoms. The highest BCUT2D eigenvalue weighted by molar-refractivity contribution is 6.15. The number of carboxylic acid groups (broad SMARTS) is 5. The van der Waals surface area contributed by atoms with Crippen molar-refractivity contribution in [3.05, 3.63) is 316 Å². The van der Waals surface area contributed by atoms with Gasteiger partial charge in [-0.05, 0) is 227 Å². The quantitative estimate of drug-likeness (QED) is 0.0463. The van der Waals surface area contributed by atoms with Crippen LogP contribution in [0.25, 0.3) is 55.6 Å². The number of hydrogen-bond donors (Lipinski definition) is 5. The van der Waals surface area contributed by atoms with Crippen LogP contribution in [0.5, 0.6) is 0 Å². The summed E-state index contributed by atoms with van der Waals surface area (Å²) in [6.45, 7) is 4.97. The minimum atomic E-state index is -1.03. The highest BCUT2D eigenvalue weighted by Crippen LogP contribution is 2.94. The van der Waals surface area contributed by atoms with Crippen molar-refractivity contribution in [2.75, 3.05) is 0 Å². The van der Waals surface area contributed by atoms with Gasteiger partial charge < -0.3 is 25.5 Å². The van der Waals surface area contributed by atoms with E-state index >= 15 is 0 Å². The molecule has 6 atom stereocenters. The first kappa shape index (κ1) is 56.2. The van der Waals surface area contributed by atoms with Gasteiger partial charge in [0.2, 0.25) is 0 Å². The third-order valence-electron chi connectivity index (χ3n) is 25.8. The lowest BCUT2D eigenvalue weighted by molar-refractivity contribution is -0.138. The van der Waals surface area contributed by atoms with E-state index in [9.17, 15) is 49.5 Å². The first-order valence-electron chi connectivity index (χ1n) is 34.5. The van der Waals surface area contributed by atoms with Gasteiger partial charge >= 0.3 is 29.8 Å². The molecule has 0 aliphatic heterocycles. The summed E-state index contributed by atoms with van der Waals surface area (Å²) in [5.41, 5.74) is 33.4. The zero-order valence-electron chi connectivity index (χ0n) is 53.7. The second-order valence-electron chi connectivity index (χ2n) is 29.7. The molecular weight excluding hydrogens is 1220 g/mol. The summed E-state index contributed by atoms with van der Waals surface area (Å²) in [6.07, 6.45) is 1.70. The van der Waals surface area contributed by atoms with Gasteiger partial charge in [0.05, 0.1) is 27.1 Å². The fraction of sp³-hybridized carbons (Fsp3) is 0.216. The first-order valence-corrected chi connectivity index (χ1v) is 34.5. The van der Waals surface area contributed by atoms with E-state index in [1.807, 2.05) is 0 Å². The molecule has 21 rings (SSSR count). The Morgan fingerprint density at radius 2 is 0.459 bits per heavy atom. The first-order chi connectivity index (χ1) is 47.5. The predicted molar refractivity (Wildman–Crippen MR) is 370 cm³/mol. The lowest BCUT2D eigenvalue weighted by Crippen LogP contribution is -2.65. The van der Waals surface area contributed by atoms with Crippen LogP contribution in [0.3, 0.4) is 0 Å². The molecule has 11 aliphatic rings. The summed E-state index contributed by atoms with van der Waals surface area (Å²) >= 11 is 0. The number of carboxylic acids is 5. The highest BCUT2D eigenvalue weighted by atomic mass is 16.4. The summed E-state index contributed by atoms with van der Waals surface area (Å²) in [7, 11) is 0. The van der Waals surface area contributed by atoms with Crippen molar-refractivity contribution >= 4 is 29.8 Å². The topological polar surface area (TPSA) is 186 Å². The molecule has 0 heterocycles. The SMILES string of the molecule is CC(C)[C@]12C3=C4C5=C1[C@@]1(c6ccc(CCC(=O)O)cc6)c6c7ccc8c6[C@]5(c5ccc(CCC(=O)O)cc5)c5c-8ccc6c5[C@]4(c4ccc(CCC(=O)O)cc4)c4c-6ccc5c4[C@]3(c3ccc(CCC(=O)O)cc3)c3c-5ccc4c3[C@]2(c2ccc(CCC(=O)O)cc2)c2c-4ccc-7c21. The molecule has 0 spiro atoms. The molecule has 10 nitrogen and oxygen atoms in total. The fourth-order valence-electron chi connectivity index (χ4n) is 23.2. The summed E-state index contributed by atoms with van der Waals surface area (Å²) < 4.78 is 0. The third-order valence-corrected chi connectivity index (χ3v) is 25.8. The summed E-state index contributed by atoms with van der Waals surface area (Å²) in [4.78, 5) is 62.1. The van der Waals surface area contributed by atoms with E-state index in [0.29, 0.717) is 32.1 Å². The molecule has 0 saturated heterocycles. The normalized spacial score (nSPS) is 23.9. The van der Waals surface area contributed by atoms with Crippen molar-refractivity contribution in [1.29, 1.82) is 0 Å². The van der Waals surface area contributed by atoms with E-state index in [2.05, 4.69) is 196 Å². The highest BCUT2D eigenvalue weighted by Gasteiger charge is 2.87. The Labute approximate surface area is 563 Å². The van der Waals surface area contributed by atoms with Crippen LogP contribution in [0.4, 0.5) is 0 Å². The van der Waals surface area contributed by atoms with E-state index in [4.69, 9.17) is 0 Å². The van der Waals surface area contributed by atoms with Gasteiger partial charge in [-0.15, -0.1) is 0 Å². The van der Waals surface area contributed by atoms with Gasteiger partial charge in [0.1, 0.15) is 0 Å². The number of aliphatic carboxylic acids is 5. The van der Waals surface area contributed by atoms with Crippen LogP contribution in [0.1, 0.15) is 157 Å². The number of fused-ring (bicyclic) bond motifs is 5. The minimum Gasteiger partial charge on any atom is -0.481 e. The van der Waals surface area contributed by atoms with Gasteiger partial charge in [-0.1, -0.05) is 196 Å². The predicted octanol–water partition coefficient (Wildman–Crippen LogP) is 16.0. The maximum atomic E-state index is 12.4. The smallest absolute Gasteiger partial charge is 0.303 e. The van der Waals surface area contributed by atoms with Gasteiger partial charge in [0, 0.05) is 37.5 Å². The number of allylic oxidation sites excluding steroid dienone is 4. The maximum absolute atomic E-state index is 12.4. The molecule has 10 aromatic carbocycles. The Morgan fingerprint density at radius 3 is 0.684 bits per heavy atom. The number of benzene rings is 10. The summed E-state index contributed by atoms with van der Waals surface area (Å²) in [6, 6.07) is 69.2. The largest absolute Gasteiger partial charge is 0.481 e. The van der Waals surface area contributed by atoms with E-state index in [0.717, 1.165) is 77.9 Å². The van der Waals surface area contributed by atoms with E-state index in [-0.39, 0.29) is 38.0 Å². The van der Waals surface area contributed by atoms with Crippen molar-refractivity contribution in [3.8, 4) is 55.6 Å². The molecule has 0 bridgehead atoms. The maximum Gasteiger partial charge on any atom is 0.303 e. The van der Waals surface area contributed by atoms with Crippen molar-refractivity contribution in [1.82, 2.24) is 0 Å². The van der Waals surface area contributed by atoms with Crippen LogP contribution in [0, 0.1) is 11.3 Å². The second-order valence-corrected chi connectivity index (χ2v) is 29.7. The van der Waals surface area contributed by atoms with E-state index < -0.39 is 62.3 Å². The standard InChI is InChI=1S/C88H62O10/c1-43(2)87-81-79-80-82(87)86(52-24-9-47(10-25-52)16-41-67(95)96)74-59-33-31-57-55-29-28-54-56-30-32-58-60-34-36-62-63-37-35-61(59)76(86)78(63)88(87,53-26-11-48(12-27-53)17-42-68(97)98)77(62)75(60)85(81,51-22-7-46(8-23-51)15-40-66(93)94)73(58)71(56)83(79,49-18-3-44(4-19-49)13-38-64(89)90)69(54)70(55)84(80,72(57)74)50-20-5-45(6-21-50)14-39-65(91)92/h3-12,18-37,43H,13-17,38-42H2,1-2H3,(H,89,90)(H,91,92)(H,93,94)(H,95,96)(H,97,98)/t83-,84+,85-,86+,87+,88-. The van der Waals surface area contributed by atoms with E-state index in [1.54, 1.807) is 0 Å². The molecule has 474 valence electrons. The van der Waals surface area contributed by atoms with Crippen molar-refractivity contribution in [3.63, 3.8) is 0 Å². The number of hydrogen-bond acceptors (Lipinski definition) is 5. The zero-order chi connectivity index (χ0) is 66.4. The minimum absolute atomic E-state index is 0.0181. The van der Waals surface area contributed by atoms with Crippen LogP contribution < -0.4 is 0 Å². The van der Waals surface area contributed by atoms with Gasteiger partial charge in [-0.2, -0.15) is 0 Å². The fourth-order valence-corrected chi connectivity index (χ4v) is 23.2. The lowest BCUT2D eigenvalue weighted by atomic mass is 9.32. The molecule has 0 saturated carbocycles. The number of carbonyl (C=O) groups is 5. The Kier molecular flexibility index (Phi) is 10.4. The molecule has 0 aromatic heterocycles. The van der Waals surface area contributed by atoms with Gasteiger partial charge in [-0.3, -0.25) is 24.0 Å². The molecule has 0 amide bonds. The van der Waals surface area contributed by atoms with Crippen LogP contribution in [0.2, 0.25) is 0 Å².